The number of aromatic nitrogens is 4. The van der Waals surface area contributed by atoms with Gasteiger partial charge in [-0.15, -0.1) is 0 Å². The van der Waals surface area contributed by atoms with Crippen molar-refractivity contribution >= 4 is 16.9 Å². The predicted octanol–water partition coefficient (Wildman–Crippen LogP) is 3.27. The highest BCUT2D eigenvalue weighted by Gasteiger charge is 2.46. The molecule has 1 fully saturated rings. The van der Waals surface area contributed by atoms with Gasteiger partial charge in [-0.3, -0.25) is 9.78 Å². The monoisotopic (exact) mass is 405 g/mol. The quantitative estimate of drug-likeness (QED) is 0.657. The van der Waals surface area contributed by atoms with Gasteiger partial charge in [-0.05, 0) is 25.5 Å². The van der Waals surface area contributed by atoms with Crippen molar-refractivity contribution in [1.29, 1.82) is 0 Å². The van der Waals surface area contributed by atoms with Crippen LogP contribution in [0.5, 0.6) is 5.88 Å². The Kier molecular flexibility index (Phi) is 4.85. The van der Waals surface area contributed by atoms with Gasteiger partial charge < -0.3 is 15.0 Å². The second kappa shape index (κ2) is 7.34. The summed E-state index contributed by atoms with van der Waals surface area (Å²) in [6.07, 6.45) is -1.34. The summed E-state index contributed by atoms with van der Waals surface area (Å²) in [5.41, 5.74) is 2.23. The second-order valence-electron chi connectivity index (χ2n) is 7.00. The zero-order valence-corrected chi connectivity index (χ0v) is 15.4. The highest BCUT2D eigenvalue weighted by molar-refractivity contribution is 5.83. The summed E-state index contributed by atoms with van der Waals surface area (Å²) >= 11 is 0. The van der Waals surface area contributed by atoms with Gasteiger partial charge in [-0.1, -0.05) is 12.1 Å². The van der Waals surface area contributed by atoms with Gasteiger partial charge in [0.15, 0.2) is 6.61 Å². The van der Waals surface area contributed by atoms with Crippen LogP contribution in [0.4, 0.5) is 13.2 Å². The number of alkyl halides is 3. The summed E-state index contributed by atoms with van der Waals surface area (Å²) in [5.74, 6) is 0.308. The number of hydrogen-bond acceptors (Lipinski definition) is 5. The number of halogens is 3. The zero-order chi connectivity index (χ0) is 20.6. The van der Waals surface area contributed by atoms with E-state index in [2.05, 4.69) is 30.0 Å². The summed E-state index contributed by atoms with van der Waals surface area (Å²) in [4.78, 5) is 28.1. The number of rotatable bonds is 6. The van der Waals surface area contributed by atoms with E-state index in [1.165, 1.54) is 6.20 Å². The largest absolute Gasteiger partial charge is 0.467 e. The molecule has 152 valence electrons. The summed E-state index contributed by atoms with van der Waals surface area (Å²) in [7, 11) is 0. The van der Waals surface area contributed by atoms with Gasteiger partial charge in [0.2, 0.25) is 11.8 Å². The van der Waals surface area contributed by atoms with E-state index < -0.39 is 18.8 Å². The van der Waals surface area contributed by atoms with E-state index in [4.69, 9.17) is 0 Å². The third-order valence-electron chi connectivity index (χ3n) is 4.72. The number of hydrogen-bond donors (Lipinski definition) is 2. The summed E-state index contributed by atoms with van der Waals surface area (Å²) in [5, 5.41) is 2.86. The third-order valence-corrected chi connectivity index (χ3v) is 4.72. The standard InChI is InChI=1S/C19H18F3N5O2/c1-10(15-7-24-16(8-23-15)29-9-19(20,21)22)25-18(28)12-6-11(12)17-26-13-4-2-3-5-14(13)27-17/h2-5,7-8,10-12H,6,9H2,1H3,(H,25,28)(H,26,27). The highest BCUT2D eigenvalue weighted by Crippen LogP contribution is 2.47. The summed E-state index contributed by atoms with van der Waals surface area (Å²) < 4.78 is 41.0. The SMILES string of the molecule is CC(NC(=O)C1CC1c1nc2ccccc2[nH]1)c1cnc(OCC(F)(F)F)cn1. The molecule has 3 atom stereocenters. The van der Waals surface area contributed by atoms with Crippen LogP contribution in [0.25, 0.3) is 11.0 Å². The Bertz CT molecular complexity index is 986. The Labute approximate surface area is 163 Å². The summed E-state index contributed by atoms with van der Waals surface area (Å²) in [6, 6.07) is 7.24. The molecule has 2 N–H and O–H groups in total. The number of benzene rings is 1. The van der Waals surface area contributed by atoms with Crippen LogP contribution < -0.4 is 10.1 Å². The van der Waals surface area contributed by atoms with Gasteiger partial charge in [0.1, 0.15) is 5.82 Å². The summed E-state index contributed by atoms with van der Waals surface area (Å²) in [6.45, 7) is 0.301. The van der Waals surface area contributed by atoms with E-state index in [1.807, 2.05) is 24.3 Å². The molecule has 1 aliphatic rings. The van der Waals surface area contributed by atoms with Crippen molar-refractivity contribution in [3.63, 3.8) is 0 Å². The number of imidazole rings is 1. The topological polar surface area (TPSA) is 92.8 Å². The number of fused-ring (bicyclic) bond motifs is 1. The van der Waals surface area contributed by atoms with E-state index in [0.29, 0.717) is 12.1 Å². The Morgan fingerprint density at radius 3 is 2.79 bits per heavy atom. The maximum Gasteiger partial charge on any atom is 0.422 e. The van der Waals surface area contributed by atoms with Crippen molar-refractivity contribution in [1.82, 2.24) is 25.3 Å². The van der Waals surface area contributed by atoms with Gasteiger partial charge in [0.05, 0.1) is 35.2 Å². The van der Waals surface area contributed by atoms with Crippen LogP contribution in [0.2, 0.25) is 0 Å². The first-order chi connectivity index (χ1) is 13.8. The smallest absolute Gasteiger partial charge is 0.422 e. The molecule has 1 aliphatic carbocycles. The van der Waals surface area contributed by atoms with E-state index in [0.717, 1.165) is 23.1 Å². The number of carbonyl (C=O) groups is 1. The van der Waals surface area contributed by atoms with Crippen LogP contribution in [0.15, 0.2) is 36.7 Å². The van der Waals surface area contributed by atoms with E-state index in [9.17, 15) is 18.0 Å². The molecule has 1 aromatic carbocycles. The van der Waals surface area contributed by atoms with Gasteiger partial charge in [0, 0.05) is 11.8 Å². The van der Waals surface area contributed by atoms with Crippen LogP contribution in [-0.4, -0.2) is 38.6 Å². The maximum atomic E-state index is 12.5. The number of nitrogens with zero attached hydrogens (tertiary/aromatic N) is 3. The molecule has 2 aromatic heterocycles. The highest BCUT2D eigenvalue weighted by atomic mass is 19.4. The Balaban J connectivity index is 1.33. The number of nitrogens with one attached hydrogen (secondary N) is 2. The molecule has 3 aromatic rings. The molecule has 7 nitrogen and oxygen atoms in total. The van der Waals surface area contributed by atoms with Crippen molar-refractivity contribution in [3.05, 3.63) is 48.2 Å². The second-order valence-corrected chi connectivity index (χ2v) is 7.00. The third kappa shape index (κ3) is 4.47. The average molecular weight is 405 g/mol. The van der Waals surface area contributed by atoms with Crippen LogP contribution in [0, 0.1) is 5.92 Å². The van der Waals surface area contributed by atoms with Gasteiger partial charge in [0.25, 0.3) is 0 Å². The molecule has 0 saturated heterocycles. The lowest BCUT2D eigenvalue weighted by Gasteiger charge is -2.14. The first kappa shape index (κ1) is 19.2. The van der Waals surface area contributed by atoms with Crippen LogP contribution in [0.1, 0.15) is 36.8 Å². The number of H-pyrrole nitrogens is 1. The fourth-order valence-electron chi connectivity index (χ4n) is 3.11. The minimum atomic E-state index is -4.44. The molecular weight excluding hydrogens is 387 g/mol. The fraction of sp³-hybridized carbons (Fsp3) is 0.368. The number of para-hydroxylation sites is 2. The Morgan fingerprint density at radius 2 is 2.10 bits per heavy atom. The lowest BCUT2D eigenvalue weighted by Crippen LogP contribution is -2.29. The fourth-order valence-corrected chi connectivity index (χ4v) is 3.11. The average Bonchev–Trinajstić information content (AvgIpc) is 3.38. The van der Waals surface area contributed by atoms with Gasteiger partial charge in [-0.2, -0.15) is 13.2 Å². The number of amides is 1. The molecule has 10 heteroatoms. The van der Waals surface area contributed by atoms with Crippen molar-refractivity contribution < 1.29 is 22.7 Å². The lowest BCUT2D eigenvalue weighted by molar-refractivity contribution is -0.154. The Hall–Kier alpha value is -3.17. The van der Waals surface area contributed by atoms with Gasteiger partial charge >= 0.3 is 6.18 Å². The normalized spacial score (nSPS) is 19.7. The number of ether oxygens (including phenoxy) is 1. The minimum Gasteiger partial charge on any atom is -0.467 e. The molecule has 0 aliphatic heterocycles. The molecule has 0 bridgehead atoms. The molecule has 0 spiro atoms. The predicted molar refractivity (Wildman–Crippen MR) is 97.1 cm³/mol. The minimum absolute atomic E-state index is 0.0406. The van der Waals surface area contributed by atoms with Crippen molar-refractivity contribution in [2.45, 2.75) is 31.5 Å². The van der Waals surface area contributed by atoms with Crippen LogP contribution >= 0.6 is 0 Å². The first-order valence-corrected chi connectivity index (χ1v) is 9.06. The number of aromatic amines is 1. The maximum absolute atomic E-state index is 12.5. The molecular formula is C19H18F3N5O2. The molecule has 2 heterocycles. The van der Waals surface area contributed by atoms with Crippen molar-refractivity contribution in [2.75, 3.05) is 6.61 Å². The van der Waals surface area contributed by atoms with Crippen LogP contribution in [-0.2, 0) is 4.79 Å². The molecule has 29 heavy (non-hydrogen) atoms. The molecule has 0 radical (unpaired) electrons. The van der Waals surface area contributed by atoms with Crippen molar-refractivity contribution in [3.8, 4) is 5.88 Å². The molecule has 1 saturated carbocycles. The van der Waals surface area contributed by atoms with E-state index >= 15 is 0 Å². The number of carbonyl (C=O) groups excluding carboxylic acids is 1. The van der Waals surface area contributed by atoms with Gasteiger partial charge in [-0.25, -0.2) is 9.97 Å². The molecule has 3 unspecified atom stereocenters. The van der Waals surface area contributed by atoms with E-state index in [-0.39, 0.29) is 23.6 Å². The Morgan fingerprint density at radius 1 is 1.31 bits per heavy atom. The first-order valence-electron chi connectivity index (χ1n) is 9.06. The molecule has 4 rings (SSSR count). The van der Waals surface area contributed by atoms with Crippen LogP contribution in [0.3, 0.4) is 0 Å². The van der Waals surface area contributed by atoms with Crippen molar-refractivity contribution in [2.24, 2.45) is 5.92 Å². The molecule has 1 amide bonds. The zero-order valence-electron chi connectivity index (χ0n) is 15.4. The lowest BCUT2D eigenvalue weighted by atomic mass is 10.2. The van der Waals surface area contributed by atoms with E-state index in [1.54, 1.807) is 6.92 Å².